The van der Waals surface area contributed by atoms with Gasteiger partial charge >= 0.3 is 0 Å². The molecule has 0 bridgehead atoms. The monoisotopic (exact) mass is 420 g/mol. The molecule has 164 valence electrons. The molecule has 5 heteroatoms. The number of hydrogen-bond donors (Lipinski definition) is 1. The fourth-order valence-corrected chi connectivity index (χ4v) is 5.02. The third-order valence-corrected chi connectivity index (χ3v) is 6.87. The third-order valence-electron chi connectivity index (χ3n) is 6.87. The number of benzene rings is 2. The van der Waals surface area contributed by atoms with Crippen molar-refractivity contribution in [2.24, 2.45) is 5.41 Å². The molecule has 2 amide bonds. The SMILES string of the molecule is CNC(=O)C1(Cc2cccc(-c3ccccc3C)c2)CCN(C(=O)[C@H]2CCCO2)CC1. The smallest absolute Gasteiger partial charge is 0.251 e. The molecule has 1 N–H and O–H groups in total. The summed E-state index contributed by atoms with van der Waals surface area (Å²) in [7, 11) is 1.71. The van der Waals surface area contributed by atoms with Crippen molar-refractivity contribution in [3.8, 4) is 11.1 Å². The summed E-state index contributed by atoms with van der Waals surface area (Å²) >= 11 is 0. The third kappa shape index (κ3) is 4.52. The maximum atomic E-state index is 13.0. The molecule has 0 aliphatic carbocycles. The van der Waals surface area contributed by atoms with E-state index in [0.29, 0.717) is 39.0 Å². The predicted octanol–water partition coefficient (Wildman–Crippen LogP) is 3.74. The van der Waals surface area contributed by atoms with Crippen LogP contribution in [0.4, 0.5) is 0 Å². The zero-order chi connectivity index (χ0) is 21.8. The van der Waals surface area contributed by atoms with Crippen molar-refractivity contribution in [1.82, 2.24) is 10.2 Å². The van der Waals surface area contributed by atoms with Crippen LogP contribution in [-0.2, 0) is 20.7 Å². The van der Waals surface area contributed by atoms with Gasteiger partial charge in [-0.25, -0.2) is 0 Å². The lowest BCUT2D eigenvalue weighted by Crippen LogP contribution is -2.52. The number of carbonyl (C=O) groups is 2. The zero-order valence-corrected chi connectivity index (χ0v) is 18.5. The molecule has 4 rings (SSSR count). The molecule has 0 aromatic heterocycles. The highest BCUT2D eigenvalue weighted by molar-refractivity contribution is 5.84. The quantitative estimate of drug-likeness (QED) is 0.802. The van der Waals surface area contributed by atoms with Crippen molar-refractivity contribution in [1.29, 1.82) is 0 Å². The average Bonchev–Trinajstić information content (AvgIpc) is 3.34. The maximum Gasteiger partial charge on any atom is 0.251 e. The van der Waals surface area contributed by atoms with E-state index in [1.807, 2.05) is 4.90 Å². The Morgan fingerprint density at radius 1 is 1.13 bits per heavy atom. The molecular formula is C26H32N2O3. The van der Waals surface area contributed by atoms with Crippen molar-refractivity contribution in [3.05, 3.63) is 59.7 Å². The van der Waals surface area contributed by atoms with Crippen LogP contribution in [0.25, 0.3) is 11.1 Å². The van der Waals surface area contributed by atoms with Crippen molar-refractivity contribution in [2.75, 3.05) is 26.7 Å². The van der Waals surface area contributed by atoms with E-state index < -0.39 is 5.41 Å². The van der Waals surface area contributed by atoms with Crippen molar-refractivity contribution in [2.45, 2.75) is 45.1 Å². The van der Waals surface area contributed by atoms with E-state index in [1.165, 1.54) is 16.7 Å². The molecule has 1 atom stereocenters. The summed E-state index contributed by atoms with van der Waals surface area (Å²) in [6.07, 6.45) is 3.47. The summed E-state index contributed by atoms with van der Waals surface area (Å²) in [6.45, 7) is 3.99. The Labute approximate surface area is 184 Å². The number of nitrogens with one attached hydrogen (secondary N) is 1. The summed E-state index contributed by atoms with van der Waals surface area (Å²) in [5.41, 5.74) is 4.29. The number of ether oxygens (including phenoxy) is 1. The van der Waals surface area contributed by atoms with Gasteiger partial charge in [-0.3, -0.25) is 9.59 Å². The van der Waals surface area contributed by atoms with Gasteiger partial charge in [0.2, 0.25) is 5.91 Å². The molecule has 2 fully saturated rings. The number of amides is 2. The van der Waals surface area contributed by atoms with E-state index in [2.05, 4.69) is 60.8 Å². The minimum absolute atomic E-state index is 0.0676. The molecule has 0 unspecified atom stereocenters. The summed E-state index contributed by atoms with van der Waals surface area (Å²) < 4.78 is 5.58. The van der Waals surface area contributed by atoms with Crippen molar-refractivity contribution >= 4 is 11.8 Å². The van der Waals surface area contributed by atoms with Gasteiger partial charge in [0.15, 0.2) is 0 Å². The second-order valence-corrected chi connectivity index (χ2v) is 8.88. The molecule has 2 saturated heterocycles. The molecule has 2 aliphatic heterocycles. The number of aryl methyl sites for hydroxylation is 1. The van der Waals surface area contributed by atoms with Gasteiger partial charge in [0, 0.05) is 26.7 Å². The Bertz CT molecular complexity index is 941. The number of hydrogen-bond acceptors (Lipinski definition) is 3. The van der Waals surface area contributed by atoms with E-state index in [1.54, 1.807) is 7.05 Å². The van der Waals surface area contributed by atoms with Gasteiger partial charge in [-0.1, -0.05) is 48.5 Å². The molecule has 0 spiro atoms. The first-order valence-corrected chi connectivity index (χ1v) is 11.3. The van der Waals surface area contributed by atoms with Gasteiger partial charge in [0.25, 0.3) is 5.91 Å². The minimum atomic E-state index is -0.494. The highest BCUT2D eigenvalue weighted by Crippen LogP contribution is 2.37. The summed E-state index contributed by atoms with van der Waals surface area (Å²) in [4.78, 5) is 27.6. The number of rotatable bonds is 5. The van der Waals surface area contributed by atoms with E-state index in [4.69, 9.17) is 4.74 Å². The van der Waals surface area contributed by atoms with E-state index in [0.717, 1.165) is 18.4 Å². The zero-order valence-electron chi connectivity index (χ0n) is 18.5. The standard InChI is InChI=1S/C26H32N2O3/c1-19-7-3-4-10-22(19)21-9-5-8-20(17-21)18-26(25(30)27-2)12-14-28(15-13-26)24(29)23-11-6-16-31-23/h3-5,7-10,17,23H,6,11-16,18H2,1-2H3,(H,27,30)/t23-/m1/s1. The number of piperidine rings is 1. The lowest BCUT2D eigenvalue weighted by molar-refractivity contribution is -0.146. The maximum absolute atomic E-state index is 13.0. The van der Waals surface area contributed by atoms with Crippen LogP contribution in [0.2, 0.25) is 0 Å². The fraction of sp³-hybridized carbons (Fsp3) is 0.462. The van der Waals surface area contributed by atoms with E-state index in [-0.39, 0.29) is 17.9 Å². The largest absolute Gasteiger partial charge is 0.368 e. The molecule has 0 saturated carbocycles. The van der Waals surface area contributed by atoms with Gasteiger partial charge in [0.1, 0.15) is 6.10 Å². The molecule has 31 heavy (non-hydrogen) atoms. The average molecular weight is 421 g/mol. The van der Waals surface area contributed by atoms with Crippen LogP contribution in [-0.4, -0.2) is 49.6 Å². The topological polar surface area (TPSA) is 58.6 Å². The van der Waals surface area contributed by atoms with Gasteiger partial charge in [-0.05, 0) is 61.3 Å². The number of likely N-dealkylation sites (tertiary alicyclic amines) is 1. The van der Waals surface area contributed by atoms with Gasteiger partial charge < -0.3 is 15.0 Å². The van der Waals surface area contributed by atoms with Crippen LogP contribution in [0.3, 0.4) is 0 Å². The Kier molecular flexibility index (Phi) is 6.42. The molecule has 0 radical (unpaired) electrons. The highest BCUT2D eigenvalue weighted by atomic mass is 16.5. The van der Waals surface area contributed by atoms with Crippen LogP contribution < -0.4 is 5.32 Å². The van der Waals surface area contributed by atoms with Gasteiger partial charge in [-0.2, -0.15) is 0 Å². The van der Waals surface area contributed by atoms with E-state index in [9.17, 15) is 9.59 Å². The van der Waals surface area contributed by atoms with Gasteiger partial charge in [0.05, 0.1) is 5.41 Å². The Morgan fingerprint density at radius 3 is 2.58 bits per heavy atom. The Morgan fingerprint density at radius 2 is 1.90 bits per heavy atom. The first-order valence-electron chi connectivity index (χ1n) is 11.3. The van der Waals surface area contributed by atoms with Crippen LogP contribution in [0.1, 0.15) is 36.8 Å². The first-order chi connectivity index (χ1) is 15.0. The van der Waals surface area contributed by atoms with Crippen LogP contribution in [0.5, 0.6) is 0 Å². The molecule has 2 heterocycles. The molecule has 2 aliphatic rings. The predicted molar refractivity (Wildman–Crippen MR) is 122 cm³/mol. The normalized spacial score (nSPS) is 20.5. The lowest BCUT2D eigenvalue weighted by atomic mass is 9.72. The summed E-state index contributed by atoms with van der Waals surface area (Å²) in [6, 6.07) is 16.9. The minimum Gasteiger partial charge on any atom is -0.368 e. The number of nitrogens with zero attached hydrogens (tertiary/aromatic N) is 1. The van der Waals surface area contributed by atoms with Crippen molar-refractivity contribution in [3.63, 3.8) is 0 Å². The Hall–Kier alpha value is -2.66. The van der Waals surface area contributed by atoms with Crippen LogP contribution in [0, 0.1) is 12.3 Å². The first kappa shape index (κ1) is 21.6. The van der Waals surface area contributed by atoms with Gasteiger partial charge in [-0.15, -0.1) is 0 Å². The summed E-state index contributed by atoms with van der Waals surface area (Å²) in [5, 5.41) is 2.88. The Balaban J connectivity index is 1.52. The van der Waals surface area contributed by atoms with Crippen LogP contribution >= 0.6 is 0 Å². The second kappa shape index (κ2) is 9.23. The fourth-order valence-electron chi connectivity index (χ4n) is 5.02. The molecule has 2 aromatic carbocycles. The molecule has 5 nitrogen and oxygen atoms in total. The van der Waals surface area contributed by atoms with Crippen molar-refractivity contribution < 1.29 is 14.3 Å². The highest BCUT2D eigenvalue weighted by Gasteiger charge is 2.43. The van der Waals surface area contributed by atoms with E-state index >= 15 is 0 Å². The number of carbonyl (C=O) groups excluding carboxylic acids is 2. The molecular weight excluding hydrogens is 388 g/mol. The molecule has 2 aromatic rings. The second-order valence-electron chi connectivity index (χ2n) is 8.88. The van der Waals surface area contributed by atoms with Crippen LogP contribution in [0.15, 0.2) is 48.5 Å². The lowest BCUT2D eigenvalue weighted by Gasteiger charge is -2.41. The summed E-state index contributed by atoms with van der Waals surface area (Å²) in [5.74, 6) is 0.155.